The molecule has 0 radical (unpaired) electrons. The van der Waals surface area contributed by atoms with Gasteiger partial charge < -0.3 is 10.5 Å². The van der Waals surface area contributed by atoms with Crippen LogP contribution in [0.25, 0.3) is 0 Å². The molecule has 3 nitrogen and oxygen atoms in total. The van der Waals surface area contributed by atoms with Crippen molar-refractivity contribution >= 4 is 29.1 Å². The zero-order valence-corrected chi connectivity index (χ0v) is 14.5. The summed E-state index contributed by atoms with van der Waals surface area (Å²) in [6, 6.07) is 3.12. The topological polar surface area (TPSA) is 52.3 Å². The van der Waals surface area contributed by atoms with Gasteiger partial charge in [-0.1, -0.05) is 23.2 Å². The minimum atomic E-state index is -0.579. The molecule has 1 aromatic rings. The summed E-state index contributed by atoms with van der Waals surface area (Å²) in [6.07, 6.45) is 8.09. The summed E-state index contributed by atoms with van der Waals surface area (Å²) < 4.78 is 6.07. The smallest absolute Gasteiger partial charge is 0.250 e. The molecule has 124 valence electrons. The van der Waals surface area contributed by atoms with E-state index in [0.717, 1.165) is 17.8 Å². The Bertz CT molecular complexity index is 623. The number of carbonyl (C=O) groups excluding carboxylic acids is 1. The standard InChI is InChI=1S/C18H21Cl2NO2/c19-14-5-16(15(20)4-13(14)17(21)22)23-9-18-6-10-1-11(7-18)3-12(2-10)8-18/h4-5,10-12H,1-3,6-9H2,(H2,21,22). The highest BCUT2D eigenvalue weighted by molar-refractivity contribution is 6.36. The number of hydrogen-bond acceptors (Lipinski definition) is 2. The van der Waals surface area contributed by atoms with Crippen molar-refractivity contribution in [3.63, 3.8) is 0 Å². The lowest BCUT2D eigenvalue weighted by molar-refractivity contribution is -0.0745. The van der Waals surface area contributed by atoms with Crippen LogP contribution in [0.4, 0.5) is 0 Å². The van der Waals surface area contributed by atoms with Gasteiger partial charge in [-0.05, 0) is 62.3 Å². The Morgan fingerprint density at radius 3 is 2.17 bits per heavy atom. The summed E-state index contributed by atoms with van der Waals surface area (Å²) in [4.78, 5) is 11.3. The van der Waals surface area contributed by atoms with Gasteiger partial charge in [0.05, 0.1) is 22.2 Å². The first-order valence-electron chi connectivity index (χ1n) is 8.36. The minimum absolute atomic E-state index is 0.235. The van der Waals surface area contributed by atoms with Crippen molar-refractivity contribution in [3.8, 4) is 5.75 Å². The maximum absolute atomic E-state index is 11.3. The molecule has 4 fully saturated rings. The molecule has 0 spiro atoms. The fourth-order valence-corrected chi connectivity index (χ4v) is 5.99. The highest BCUT2D eigenvalue weighted by atomic mass is 35.5. The van der Waals surface area contributed by atoms with Crippen LogP contribution in [0.15, 0.2) is 12.1 Å². The van der Waals surface area contributed by atoms with E-state index >= 15 is 0 Å². The van der Waals surface area contributed by atoms with Gasteiger partial charge in [-0.15, -0.1) is 0 Å². The molecule has 0 aliphatic heterocycles. The second kappa shape index (κ2) is 5.56. The number of ether oxygens (including phenoxy) is 1. The van der Waals surface area contributed by atoms with Crippen molar-refractivity contribution in [1.82, 2.24) is 0 Å². The van der Waals surface area contributed by atoms with Gasteiger partial charge in [0.25, 0.3) is 0 Å². The molecular formula is C18H21Cl2NO2. The molecule has 1 amide bonds. The third-order valence-corrected chi connectivity index (χ3v) is 6.59. The van der Waals surface area contributed by atoms with E-state index in [1.54, 1.807) is 6.07 Å². The number of benzene rings is 1. The van der Waals surface area contributed by atoms with Gasteiger partial charge in [-0.2, -0.15) is 0 Å². The lowest BCUT2D eigenvalue weighted by atomic mass is 9.50. The predicted octanol–water partition coefficient (Wildman–Crippen LogP) is 4.69. The monoisotopic (exact) mass is 353 g/mol. The number of halogens is 2. The van der Waals surface area contributed by atoms with Crippen LogP contribution in [0.1, 0.15) is 48.9 Å². The summed E-state index contributed by atoms with van der Waals surface area (Å²) >= 11 is 12.4. The summed E-state index contributed by atoms with van der Waals surface area (Å²) in [5.41, 5.74) is 5.83. The van der Waals surface area contributed by atoms with Gasteiger partial charge in [0.2, 0.25) is 5.91 Å². The lowest BCUT2D eigenvalue weighted by Crippen LogP contribution is -2.48. The molecule has 0 atom stereocenters. The summed E-state index contributed by atoms with van der Waals surface area (Å²) in [5, 5.41) is 0.690. The predicted molar refractivity (Wildman–Crippen MR) is 91.1 cm³/mol. The number of amides is 1. The minimum Gasteiger partial charge on any atom is -0.491 e. The van der Waals surface area contributed by atoms with Gasteiger partial charge >= 0.3 is 0 Å². The molecule has 5 heteroatoms. The summed E-state index contributed by atoms with van der Waals surface area (Å²) in [5.74, 6) is 2.64. The first-order valence-corrected chi connectivity index (χ1v) is 9.11. The van der Waals surface area contributed by atoms with E-state index < -0.39 is 5.91 Å². The van der Waals surface area contributed by atoms with Crippen molar-refractivity contribution < 1.29 is 9.53 Å². The molecule has 23 heavy (non-hydrogen) atoms. The van der Waals surface area contributed by atoms with E-state index in [4.69, 9.17) is 33.7 Å². The lowest BCUT2D eigenvalue weighted by Gasteiger charge is -2.56. The molecule has 5 rings (SSSR count). The summed E-state index contributed by atoms with van der Waals surface area (Å²) in [6.45, 7) is 0.697. The zero-order chi connectivity index (χ0) is 16.2. The Labute approximate surface area is 146 Å². The fourth-order valence-electron chi connectivity index (χ4n) is 5.53. The molecule has 1 aromatic carbocycles. The SMILES string of the molecule is NC(=O)c1cc(Cl)c(OCC23CC4CC(CC(C4)C2)C3)cc1Cl. The average molecular weight is 354 g/mol. The highest BCUT2D eigenvalue weighted by Crippen LogP contribution is 2.60. The van der Waals surface area contributed by atoms with E-state index in [9.17, 15) is 4.79 Å². The summed E-state index contributed by atoms with van der Waals surface area (Å²) in [7, 11) is 0. The van der Waals surface area contributed by atoms with Crippen molar-refractivity contribution in [3.05, 3.63) is 27.7 Å². The van der Waals surface area contributed by atoms with Crippen LogP contribution < -0.4 is 10.5 Å². The molecular weight excluding hydrogens is 333 g/mol. The van der Waals surface area contributed by atoms with Gasteiger partial charge in [0.15, 0.2) is 0 Å². The van der Waals surface area contributed by atoms with Gasteiger partial charge in [-0.25, -0.2) is 0 Å². The molecule has 4 aliphatic rings. The maximum Gasteiger partial charge on any atom is 0.250 e. The second-order valence-corrected chi connectivity index (χ2v) is 8.65. The van der Waals surface area contributed by atoms with Crippen LogP contribution >= 0.6 is 23.2 Å². The number of nitrogens with two attached hydrogens (primary N) is 1. The molecule has 0 aromatic heterocycles. The van der Waals surface area contributed by atoms with Crippen LogP contribution in [0.2, 0.25) is 10.0 Å². The Morgan fingerprint density at radius 2 is 1.65 bits per heavy atom. The van der Waals surface area contributed by atoms with E-state index in [2.05, 4.69) is 0 Å². The van der Waals surface area contributed by atoms with E-state index in [1.165, 1.54) is 44.6 Å². The first-order chi connectivity index (χ1) is 10.9. The number of rotatable bonds is 4. The normalized spacial score (nSPS) is 34.6. The molecule has 4 bridgehead atoms. The van der Waals surface area contributed by atoms with Gasteiger partial charge in [0.1, 0.15) is 5.75 Å². The van der Waals surface area contributed by atoms with E-state index in [-0.39, 0.29) is 5.56 Å². The highest BCUT2D eigenvalue weighted by Gasteiger charge is 2.51. The Kier molecular flexibility index (Phi) is 3.77. The van der Waals surface area contributed by atoms with Gasteiger partial charge in [0, 0.05) is 11.5 Å². The number of carbonyl (C=O) groups is 1. The van der Waals surface area contributed by atoms with Gasteiger partial charge in [-0.3, -0.25) is 4.79 Å². The fraction of sp³-hybridized carbons (Fsp3) is 0.611. The third-order valence-electron chi connectivity index (χ3n) is 5.99. The molecule has 2 N–H and O–H groups in total. The van der Waals surface area contributed by atoms with Crippen LogP contribution in [0.3, 0.4) is 0 Å². The maximum atomic E-state index is 11.3. The Balaban J connectivity index is 1.51. The molecule has 0 heterocycles. The third kappa shape index (κ3) is 2.83. The quantitative estimate of drug-likeness (QED) is 0.853. The average Bonchev–Trinajstić information content (AvgIpc) is 2.46. The van der Waals surface area contributed by atoms with Crippen molar-refractivity contribution in [2.75, 3.05) is 6.61 Å². The molecule has 0 unspecified atom stereocenters. The number of hydrogen-bond donors (Lipinski definition) is 1. The molecule has 4 aliphatic carbocycles. The van der Waals surface area contributed by atoms with Crippen molar-refractivity contribution in [2.45, 2.75) is 38.5 Å². The second-order valence-electron chi connectivity index (χ2n) is 7.83. The van der Waals surface area contributed by atoms with Crippen molar-refractivity contribution in [1.29, 1.82) is 0 Å². The van der Waals surface area contributed by atoms with Crippen molar-refractivity contribution in [2.24, 2.45) is 28.9 Å². The van der Waals surface area contributed by atoms with Crippen LogP contribution in [-0.2, 0) is 0 Å². The largest absolute Gasteiger partial charge is 0.491 e. The van der Waals surface area contributed by atoms with E-state index in [1.807, 2.05) is 0 Å². The zero-order valence-electron chi connectivity index (χ0n) is 13.0. The van der Waals surface area contributed by atoms with Crippen LogP contribution in [0, 0.1) is 23.2 Å². The van der Waals surface area contributed by atoms with Crippen LogP contribution in [0.5, 0.6) is 5.75 Å². The first kappa shape index (κ1) is 15.6. The van der Waals surface area contributed by atoms with Crippen LogP contribution in [-0.4, -0.2) is 12.5 Å². The molecule has 0 saturated heterocycles. The Hall–Kier alpha value is -0.930. The van der Waals surface area contributed by atoms with E-state index in [0.29, 0.717) is 27.8 Å². The Morgan fingerprint density at radius 1 is 1.09 bits per heavy atom. The molecule has 4 saturated carbocycles. The number of primary amides is 1.